The molecule has 0 aliphatic rings. The molecule has 0 N–H and O–H groups in total. The van der Waals surface area contributed by atoms with Crippen molar-refractivity contribution in [1.29, 1.82) is 0 Å². The maximum Gasteiger partial charge on any atom is 0.286 e. The van der Waals surface area contributed by atoms with Crippen LogP contribution in [-0.2, 0) is 14.2 Å². The Morgan fingerprint density at radius 2 is 0.897 bits per heavy atom. The summed E-state index contributed by atoms with van der Waals surface area (Å²) in [5, 5.41) is 0. The van der Waals surface area contributed by atoms with Crippen LogP contribution in [0, 0.1) is 5.92 Å². The van der Waals surface area contributed by atoms with Crippen molar-refractivity contribution in [2.24, 2.45) is 5.92 Å². The summed E-state index contributed by atoms with van der Waals surface area (Å²) in [7, 11) is 0. The standard InChI is InChI=1S/C26H54O3/c1-9-14-16-17-18-19-21-25(20-15-10-2)26(27-22(6)11-3,28-23(7)12-4)29-24(8)13-5/h22-25H,9-21H2,1-8H3. The first-order chi connectivity index (χ1) is 13.9. The van der Waals surface area contributed by atoms with E-state index in [1.807, 2.05) is 0 Å². The zero-order valence-electron chi connectivity index (χ0n) is 21.2. The molecule has 4 atom stereocenters. The monoisotopic (exact) mass is 414 g/mol. The first-order valence-corrected chi connectivity index (χ1v) is 12.9. The van der Waals surface area contributed by atoms with Crippen molar-refractivity contribution in [3.8, 4) is 0 Å². The van der Waals surface area contributed by atoms with Gasteiger partial charge in [0.15, 0.2) is 0 Å². The van der Waals surface area contributed by atoms with E-state index in [0.29, 0.717) is 0 Å². The van der Waals surface area contributed by atoms with Gasteiger partial charge in [0, 0.05) is 5.92 Å². The summed E-state index contributed by atoms with van der Waals surface area (Å²) in [6.07, 6.45) is 15.8. The molecule has 176 valence electrons. The van der Waals surface area contributed by atoms with Gasteiger partial charge in [-0.2, -0.15) is 0 Å². The van der Waals surface area contributed by atoms with E-state index in [1.165, 1.54) is 51.4 Å². The third-order valence-corrected chi connectivity index (χ3v) is 6.13. The lowest BCUT2D eigenvalue weighted by atomic mass is 9.91. The zero-order valence-corrected chi connectivity index (χ0v) is 21.2. The van der Waals surface area contributed by atoms with Crippen molar-refractivity contribution in [2.45, 2.75) is 163 Å². The predicted octanol–water partition coefficient (Wildman–Crippen LogP) is 8.64. The molecular weight excluding hydrogens is 360 g/mol. The Labute approximate surface area is 183 Å². The van der Waals surface area contributed by atoms with Crippen molar-refractivity contribution < 1.29 is 14.2 Å². The fourth-order valence-corrected chi connectivity index (χ4v) is 3.58. The van der Waals surface area contributed by atoms with Gasteiger partial charge < -0.3 is 14.2 Å². The predicted molar refractivity (Wildman–Crippen MR) is 126 cm³/mol. The highest BCUT2D eigenvalue weighted by molar-refractivity contribution is 4.77. The molecule has 0 bridgehead atoms. The summed E-state index contributed by atoms with van der Waals surface area (Å²) in [5.74, 6) is -0.635. The molecule has 0 aromatic heterocycles. The van der Waals surface area contributed by atoms with E-state index in [0.717, 1.165) is 32.1 Å². The largest absolute Gasteiger partial charge is 0.324 e. The molecule has 0 saturated carbocycles. The van der Waals surface area contributed by atoms with Gasteiger partial charge in [-0.15, -0.1) is 0 Å². The number of hydrogen-bond donors (Lipinski definition) is 0. The average molecular weight is 415 g/mol. The van der Waals surface area contributed by atoms with Gasteiger partial charge in [0.05, 0.1) is 18.3 Å². The molecule has 0 spiro atoms. The second-order valence-corrected chi connectivity index (χ2v) is 9.01. The molecular formula is C26H54O3. The maximum absolute atomic E-state index is 6.64. The van der Waals surface area contributed by atoms with Crippen LogP contribution in [0.25, 0.3) is 0 Å². The summed E-state index contributed by atoms with van der Waals surface area (Å²) < 4.78 is 19.9. The van der Waals surface area contributed by atoms with Crippen LogP contribution >= 0.6 is 0 Å². The number of unbranched alkanes of at least 4 members (excludes halogenated alkanes) is 6. The zero-order chi connectivity index (χ0) is 22.1. The topological polar surface area (TPSA) is 27.7 Å². The number of ether oxygens (including phenoxy) is 3. The first-order valence-electron chi connectivity index (χ1n) is 12.9. The van der Waals surface area contributed by atoms with Gasteiger partial charge in [-0.1, -0.05) is 86.0 Å². The fraction of sp³-hybridized carbons (Fsp3) is 1.00. The lowest BCUT2D eigenvalue weighted by molar-refractivity contribution is -0.437. The lowest BCUT2D eigenvalue weighted by Crippen LogP contribution is -2.51. The normalized spacial score (nSPS) is 18.2. The van der Waals surface area contributed by atoms with E-state index in [-0.39, 0.29) is 24.2 Å². The molecule has 0 radical (unpaired) electrons. The highest BCUT2D eigenvalue weighted by atomic mass is 16.9. The third kappa shape index (κ3) is 12.4. The summed E-state index contributed by atoms with van der Waals surface area (Å²) in [4.78, 5) is 0. The van der Waals surface area contributed by atoms with Gasteiger partial charge >= 0.3 is 0 Å². The molecule has 0 heterocycles. The van der Waals surface area contributed by atoms with Crippen LogP contribution in [0.1, 0.15) is 139 Å². The number of hydrogen-bond acceptors (Lipinski definition) is 3. The van der Waals surface area contributed by atoms with Crippen LogP contribution in [0.3, 0.4) is 0 Å². The quantitative estimate of drug-likeness (QED) is 0.147. The minimum atomic E-state index is -0.918. The number of rotatable bonds is 20. The van der Waals surface area contributed by atoms with Crippen LogP contribution in [0.2, 0.25) is 0 Å². The van der Waals surface area contributed by atoms with Crippen molar-refractivity contribution in [1.82, 2.24) is 0 Å². The third-order valence-electron chi connectivity index (χ3n) is 6.13. The molecule has 0 fully saturated rings. The molecule has 0 aliphatic carbocycles. The van der Waals surface area contributed by atoms with E-state index in [4.69, 9.17) is 14.2 Å². The highest BCUT2D eigenvalue weighted by Gasteiger charge is 2.45. The van der Waals surface area contributed by atoms with Gasteiger partial charge in [0.2, 0.25) is 0 Å². The van der Waals surface area contributed by atoms with E-state index in [9.17, 15) is 0 Å². The van der Waals surface area contributed by atoms with E-state index in [1.54, 1.807) is 0 Å². The van der Waals surface area contributed by atoms with Crippen molar-refractivity contribution in [3.63, 3.8) is 0 Å². The first kappa shape index (κ1) is 28.9. The Morgan fingerprint density at radius 1 is 0.517 bits per heavy atom. The van der Waals surface area contributed by atoms with Gasteiger partial charge in [-0.3, -0.25) is 0 Å². The summed E-state index contributed by atoms with van der Waals surface area (Å²) in [6, 6.07) is 0. The van der Waals surface area contributed by atoms with Crippen LogP contribution < -0.4 is 0 Å². The summed E-state index contributed by atoms with van der Waals surface area (Å²) in [6.45, 7) is 17.5. The Kier molecular flexibility index (Phi) is 17.5. The highest BCUT2D eigenvalue weighted by Crippen LogP contribution is 2.38. The average Bonchev–Trinajstić information content (AvgIpc) is 2.71. The maximum atomic E-state index is 6.64. The Morgan fingerprint density at radius 3 is 1.31 bits per heavy atom. The lowest BCUT2D eigenvalue weighted by Gasteiger charge is -2.44. The van der Waals surface area contributed by atoms with Gasteiger partial charge in [0.25, 0.3) is 5.97 Å². The Bertz CT molecular complexity index is 327. The van der Waals surface area contributed by atoms with Gasteiger partial charge in [-0.05, 0) is 52.9 Å². The minimum Gasteiger partial charge on any atom is -0.324 e. The SMILES string of the molecule is CCCCCCCCC(CCCC)C(OC(C)CC)(OC(C)CC)OC(C)CC. The van der Waals surface area contributed by atoms with E-state index < -0.39 is 5.97 Å². The molecule has 0 rings (SSSR count). The molecule has 3 heteroatoms. The molecule has 0 saturated heterocycles. The Balaban J connectivity index is 5.53. The molecule has 0 aromatic carbocycles. The molecule has 29 heavy (non-hydrogen) atoms. The second kappa shape index (κ2) is 17.5. The second-order valence-electron chi connectivity index (χ2n) is 9.01. The van der Waals surface area contributed by atoms with Crippen LogP contribution in [-0.4, -0.2) is 24.3 Å². The van der Waals surface area contributed by atoms with Gasteiger partial charge in [0.1, 0.15) is 0 Å². The Hall–Kier alpha value is -0.120. The fourth-order valence-electron chi connectivity index (χ4n) is 3.58. The molecule has 0 aliphatic heterocycles. The molecule has 0 aromatic rings. The van der Waals surface area contributed by atoms with Crippen LogP contribution in [0.5, 0.6) is 0 Å². The summed E-state index contributed by atoms with van der Waals surface area (Å²) >= 11 is 0. The minimum absolute atomic E-state index is 0.122. The smallest absolute Gasteiger partial charge is 0.286 e. The van der Waals surface area contributed by atoms with Crippen LogP contribution in [0.15, 0.2) is 0 Å². The van der Waals surface area contributed by atoms with Crippen molar-refractivity contribution >= 4 is 0 Å². The molecule has 4 unspecified atom stereocenters. The van der Waals surface area contributed by atoms with Crippen LogP contribution in [0.4, 0.5) is 0 Å². The molecule has 0 amide bonds. The van der Waals surface area contributed by atoms with Gasteiger partial charge in [-0.25, -0.2) is 0 Å². The molecule has 3 nitrogen and oxygen atoms in total. The van der Waals surface area contributed by atoms with E-state index in [2.05, 4.69) is 55.4 Å². The van der Waals surface area contributed by atoms with Crippen molar-refractivity contribution in [2.75, 3.05) is 0 Å². The van der Waals surface area contributed by atoms with E-state index >= 15 is 0 Å². The summed E-state index contributed by atoms with van der Waals surface area (Å²) in [5.41, 5.74) is 0. The van der Waals surface area contributed by atoms with Crippen molar-refractivity contribution in [3.05, 3.63) is 0 Å².